The number of nitrogens with one attached hydrogen (secondary N) is 1. The molecule has 0 atom stereocenters. The molecule has 0 radical (unpaired) electrons. The van der Waals surface area contributed by atoms with Crippen LogP contribution in [0.25, 0.3) is 0 Å². The van der Waals surface area contributed by atoms with Crippen LogP contribution in [0, 0.1) is 11.8 Å². The number of hydrogen-bond acceptors (Lipinski definition) is 4. The topological polar surface area (TPSA) is 58.6 Å². The number of benzene rings is 2. The lowest BCUT2D eigenvalue weighted by Crippen LogP contribution is -2.40. The van der Waals surface area contributed by atoms with Gasteiger partial charge in [0.2, 0.25) is 0 Å². The van der Waals surface area contributed by atoms with Crippen LogP contribution in [0.15, 0.2) is 48.5 Å². The Morgan fingerprint density at radius 3 is 2.41 bits per heavy atom. The molecule has 0 spiro atoms. The maximum Gasteiger partial charge on any atom is 0.337 e. The zero-order valence-electron chi connectivity index (χ0n) is 15.0. The summed E-state index contributed by atoms with van der Waals surface area (Å²) in [5.74, 6) is 7.67. The molecule has 27 heavy (non-hydrogen) atoms. The van der Waals surface area contributed by atoms with Crippen molar-refractivity contribution in [2.24, 2.45) is 0 Å². The van der Waals surface area contributed by atoms with Crippen LogP contribution in [0.4, 0.5) is 10.5 Å². The first-order valence-electron chi connectivity index (χ1n) is 8.60. The second-order valence-electron chi connectivity index (χ2n) is 5.93. The minimum atomic E-state index is -0.389. The van der Waals surface area contributed by atoms with E-state index in [1.165, 1.54) is 7.11 Å². The third-order valence-electron chi connectivity index (χ3n) is 4.05. The molecule has 0 saturated carbocycles. The van der Waals surface area contributed by atoms with Crippen molar-refractivity contribution < 1.29 is 14.3 Å². The summed E-state index contributed by atoms with van der Waals surface area (Å²) < 4.78 is 4.72. The van der Waals surface area contributed by atoms with E-state index in [0.29, 0.717) is 11.3 Å². The number of methoxy groups -OCH3 is 1. The summed E-state index contributed by atoms with van der Waals surface area (Å²) in [5.41, 5.74) is 2.68. The number of rotatable bonds is 2. The number of thioether (sulfide) groups is 1. The summed E-state index contributed by atoms with van der Waals surface area (Å²) in [5, 5.41) is 2.93. The predicted octanol–water partition coefficient (Wildman–Crippen LogP) is 3.45. The molecule has 2 amide bonds. The molecule has 0 unspecified atom stereocenters. The fourth-order valence-corrected chi connectivity index (χ4v) is 3.53. The van der Waals surface area contributed by atoms with Crippen LogP contribution in [0.5, 0.6) is 0 Å². The van der Waals surface area contributed by atoms with Gasteiger partial charge in [-0.3, -0.25) is 0 Å². The molecule has 2 aromatic rings. The highest BCUT2D eigenvalue weighted by atomic mass is 32.2. The first kappa shape index (κ1) is 18.9. The highest BCUT2D eigenvalue weighted by molar-refractivity contribution is 7.99. The normalized spacial score (nSPS) is 13.3. The van der Waals surface area contributed by atoms with Crippen molar-refractivity contribution in [2.45, 2.75) is 0 Å². The highest BCUT2D eigenvalue weighted by Crippen LogP contribution is 2.14. The van der Waals surface area contributed by atoms with Gasteiger partial charge in [0.05, 0.1) is 12.7 Å². The van der Waals surface area contributed by atoms with Crippen LogP contribution in [0.1, 0.15) is 21.5 Å². The lowest BCUT2D eigenvalue weighted by atomic mass is 10.1. The molecule has 5 nitrogen and oxygen atoms in total. The molecule has 0 bridgehead atoms. The number of urea groups is 1. The Morgan fingerprint density at radius 1 is 1.04 bits per heavy atom. The number of anilines is 1. The largest absolute Gasteiger partial charge is 0.465 e. The molecule has 1 aliphatic rings. The predicted molar refractivity (Wildman–Crippen MR) is 108 cm³/mol. The van der Waals surface area contributed by atoms with E-state index in [1.54, 1.807) is 18.2 Å². The molecule has 0 aliphatic carbocycles. The number of hydrogen-bond donors (Lipinski definition) is 1. The van der Waals surface area contributed by atoms with Gasteiger partial charge in [0, 0.05) is 41.4 Å². The van der Waals surface area contributed by atoms with Gasteiger partial charge in [0.15, 0.2) is 0 Å². The molecule has 1 N–H and O–H groups in total. The first-order valence-corrected chi connectivity index (χ1v) is 9.75. The summed E-state index contributed by atoms with van der Waals surface area (Å²) in [6.45, 7) is 1.54. The minimum absolute atomic E-state index is 0.0776. The van der Waals surface area contributed by atoms with Gasteiger partial charge < -0.3 is 15.0 Å². The zero-order valence-corrected chi connectivity index (χ0v) is 15.8. The molecule has 2 aromatic carbocycles. The van der Waals surface area contributed by atoms with Gasteiger partial charge in [-0.05, 0) is 36.4 Å². The lowest BCUT2D eigenvalue weighted by molar-refractivity contribution is 0.0600. The molecule has 6 heteroatoms. The van der Waals surface area contributed by atoms with E-state index in [9.17, 15) is 9.59 Å². The molecular formula is C21H20N2O3S. The van der Waals surface area contributed by atoms with E-state index < -0.39 is 0 Å². The Morgan fingerprint density at radius 2 is 1.70 bits per heavy atom. The van der Waals surface area contributed by atoms with Crippen LogP contribution < -0.4 is 5.32 Å². The van der Waals surface area contributed by atoms with Gasteiger partial charge in [-0.25, -0.2) is 9.59 Å². The smallest absolute Gasteiger partial charge is 0.337 e. The highest BCUT2D eigenvalue weighted by Gasteiger charge is 2.16. The van der Waals surface area contributed by atoms with E-state index in [2.05, 4.69) is 17.2 Å². The van der Waals surface area contributed by atoms with Crippen LogP contribution >= 0.6 is 11.8 Å². The van der Waals surface area contributed by atoms with Crippen molar-refractivity contribution in [3.05, 3.63) is 65.2 Å². The SMILES string of the molecule is COC(=O)c1cccc(C#Cc2cccc(NC(=O)N3CCSCC3)c2)c1. The molecule has 3 rings (SSSR count). The quantitative estimate of drug-likeness (QED) is 0.640. The Kier molecular flexibility index (Phi) is 6.39. The van der Waals surface area contributed by atoms with Crippen molar-refractivity contribution >= 4 is 29.4 Å². The molecule has 138 valence electrons. The zero-order chi connectivity index (χ0) is 19.1. The van der Waals surface area contributed by atoms with Crippen LogP contribution in [0.3, 0.4) is 0 Å². The average molecular weight is 380 g/mol. The third-order valence-corrected chi connectivity index (χ3v) is 4.99. The molecule has 1 fully saturated rings. The third kappa shape index (κ3) is 5.28. The summed E-state index contributed by atoms with van der Waals surface area (Å²) in [4.78, 5) is 25.7. The fraction of sp³-hybridized carbons (Fsp3) is 0.238. The summed E-state index contributed by atoms with van der Waals surface area (Å²) in [6.07, 6.45) is 0. The van der Waals surface area contributed by atoms with E-state index in [4.69, 9.17) is 4.74 Å². The van der Waals surface area contributed by atoms with Crippen molar-refractivity contribution in [2.75, 3.05) is 37.0 Å². The van der Waals surface area contributed by atoms with Gasteiger partial charge in [0.1, 0.15) is 0 Å². The Bertz CT molecular complexity index is 896. The van der Waals surface area contributed by atoms with Gasteiger partial charge >= 0.3 is 12.0 Å². The van der Waals surface area contributed by atoms with Crippen molar-refractivity contribution in [3.8, 4) is 11.8 Å². The van der Waals surface area contributed by atoms with Crippen LogP contribution in [-0.4, -0.2) is 48.6 Å². The minimum Gasteiger partial charge on any atom is -0.465 e. The summed E-state index contributed by atoms with van der Waals surface area (Å²) in [7, 11) is 1.35. The second kappa shape index (κ2) is 9.15. The van der Waals surface area contributed by atoms with Crippen molar-refractivity contribution in [3.63, 3.8) is 0 Å². The second-order valence-corrected chi connectivity index (χ2v) is 7.16. The lowest BCUT2D eigenvalue weighted by Gasteiger charge is -2.26. The number of ether oxygens (including phenoxy) is 1. The number of carbonyl (C=O) groups excluding carboxylic acids is 2. The van der Waals surface area contributed by atoms with E-state index in [1.807, 2.05) is 47.0 Å². The molecular weight excluding hydrogens is 360 g/mol. The standard InChI is InChI=1S/C21H20N2O3S/c1-26-20(24)18-6-2-4-16(14-18)8-9-17-5-3-7-19(15-17)22-21(25)23-10-12-27-13-11-23/h2-7,14-15H,10-13H2,1H3,(H,22,25). The van der Waals surface area contributed by atoms with E-state index >= 15 is 0 Å². The molecule has 1 saturated heterocycles. The van der Waals surface area contributed by atoms with Gasteiger partial charge in [-0.15, -0.1) is 0 Å². The monoisotopic (exact) mass is 380 g/mol. The maximum atomic E-state index is 12.3. The molecule has 1 aliphatic heterocycles. The summed E-state index contributed by atoms with van der Waals surface area (Å²) >= 11 is 1.86. The Labute approximate surface area is 163 Å². The summed E-state index contributed by atoms with van der Waals surface area (Å²) in [6, 6.07) is 14.3. The average Bonchev–Trinajstić information content (AvgIpc) is 2.73. The molecule has 1 heterocycles. The van der Waals surface area contributed by atoms with E-state index in [0.717, 1.165) is 35.7 Å². The van der Waals surface area contributed by atoms with Crippen molar-refractivity contribution in [1.82, 2.24) is 4.90 Å². The first-order chi connectivity index (χ1) is 13.2. The number of amides is 2. The van der Waals surface area contributed by atoms with Gasteiger partial charge in [-0.2, -0.15) is 11.8 Å². The fourth-order valence-electron chi connectivity index (χ4n) is 2.63. The van der Waals surface area contributed by atoms with E-state index in [-0.39, 0.29) is 12.0 Å². The molecule has 0 aromatic heterocycles. The maximum absolute atomic E-state index is 12.3. The van der Waals surface area contributed by atoms with Crippen LogP contribution in [0.2, 0.25) is 0 Å². The Balaban J connectivity index is 1.70. The van der Waals surface area contributed by atoms with Crippen molar-refractivity contribution in [1.29, 1.82) is 0 Å². The Hall–Kier alpha value is -2.91. The number of esters is 1. The van der Waals surface area contributed by atoms with Gasteiger partial charge in [0.25, 0.3) is 0 Å². The number of nitrogens with zero attached hydrogens (tertiary/aromatic N) is 1. The number of carbonyl (C=O) groups is 2. The van der Waals surface area contributed by atoms with Gasteiger partial charge in [-0.1, -0.05) is 24.0 Å². The van der Waals surface area contributed by atoms with Crippen LogP contribution in [-0.2, 0) is 4.74 Å².